The molecular weight excluding hydrogens is 373 g/mol. The summed E-state index contributed by atoms with van der Waals surface area (Å²) in [7, 11) is 1.80. The van der Waals surface area contributed by atoms with E-state index in [2.05, 4.69) is 71.9 Å². The minimum Gasteiger partial charge on any atom is -0.356 e. The second-order valence-corrected chi connectivity index (χ2v) is 5.19. The number of guanidine groups is 1. The topological polar surface area (TPSA) is 36.4 Å². The van der Waals surface area contributed by atoms with Gasteiger partial charge in [-0.3, -0.25) is 4.99 Å². The van der Waals surface area contributed by atoms with E-state index in [0.29, 0.717) is 6.04 Å². The SMILES string of the molecule is CN=C(NCCc1cccc2ccccc12)NC(C)C.I. The molecule has 0 atom stereocenters. The van der Waals surface area contributed by atoms with Crippen molar-refractivity contribution in [3.63, 3.8) is 0 Å². The van der Waals surface area contributed by atoms with Gasteiger partial charge in [0.05, 0.1) is 0 Å². The molecule has 0 saturated carbocycles. The van der Waals surface area contributed by atoms with Crippen LogP contribution in [0.4, 0.5) is 0 Å². The molecule has 2 N–H and O–H groups in total. The maximum Gasteiger partial charge on any atom is 0.191 e. The van der Waals surface area contributed by atoms with Gasteiger partial charge in [0.1, 0.15) is 0 Å². The maximum atomic E-state index is 4.22. The van der Waals surface area contributed by atoms with Crippen LogP contribution in [-0.2, 0) is 6.42 Å². The number of hydrogen-bond donors (Lipinski definition) is 2. The number of nitrogens with zero attached hydrogens (tertiary/aromatic N) is 1. The van der Waals surface area contributed by atoms with E-state index < -0.39 is 0 Å². The van der Waals surface area contributed by atoms with Crippen LogP contribution >= 0.6 is 24.0 Å². The molecule has 0 heterocycles. The summed E-state index contributed by atoms with van der Waals surface area (Å²) in [5.41, 5.74) is 1.37. The molecule has 0 unspecified atom stereocenters. The van der Waals surface area contributed by atoms with Crippen molar-refractivity contribution in [3.05, 3.63) is 48.0 Å². The molecule has 0 amide bonds. The Balaban J connectivity index is 0.00000220. The van der Waals surface area contributed by atoms with Gasteiger partial charge in [0.2, 0.25) is 0 Å². The highest BCUT2D eigenvalue weighted by Gasteiger charge is 2.02. The average Bonchev–Trinajstić information content (AvgIpc) is 2.46. The molecule has 2 aromatic carbocycles. The Labute approximate surface area is 144 Å². The van der Waals surface area contributed by atoms with E-state index in [1.807, 2.05) is 0 Å². The Morgan fingerprint density at radius 2 is 1.81 bits per heavy atom. The van der Waals surface area contributed by atoms with Crippen LogP contribution in [0.2, 0.25) is 0 Å². The van der Waals surface area contributed by atoms with Crippen LogP contribution in [0.25, 0.3) is 10.8 Å². The zero-order chi connectivity index (χ0) is 14.4. The van der Waals surface area contributed by atoms with Crippen molar-refractivity contribution in [2.75, 3.05) is 13.6 Å². The van der Waals surface area contributed by atoms with Gasteiger partial charge in [0, 0.05) is 19.6 Å². The number of halogens is 1. The lowest BCUT2D eigenvalue weighted by Gasteiger charge is -2.14. The van der Waals surface area contributed by atoms with Crippen molar-refractivity contribution in [2.24, 2.45) is 4.99 Å². The van der Waals surface area contributed by atoms with Crippen molar-refractivity contribution in [2.45, 2.75) is 26.3 Å². The summed E-state index contributed by atoms with van der Waals surface area (Å²) < 4.78 is 0. The average molecular weight is 397 g/mol. The molecule has 4 heteroatoms. The lowest BCUT2D eigenvalue weighted by molar-refractivity contribution is 0.698. The highest BCUT2D eigenvalue weighted by Crippen LogP contribution is 2.18. The Morgan fingerprint density at radius 1 is 1.10 bits per heavy atom. The Bertz CT molecular complexity index is 588. The largest absolute Gasteiger partial charge is 0.356 e. The number of nitrogens with one attached hydrogen (secondary N) is 2. The molecule has 0 aromatic heterocycles. The molecule has 2 rings (SSSR count). The van der Waals surface area contributed by atoms with Crippen LogP contribution in [0.3, 0.4) is 0 Å². The molecule has 21 heavy (non-hydrogen) atoms. The lowest BCUT2D eigenvalue weighted by Crippen LogP contribution is -2.41. The number of rotatable bonds is 4. The predicted molar refractivity (Wildman–Crippen MR) is 103 cm³/mol. The molecule has 0 aliphatic rings. The van der Waals surface area contributed by atoms with Gasteiger partial charge in [-0.1, -0.05) is 42.5 Å². The van der Waals surface area contributed by atoms with Crippen LogP contribution in [0.1, 0.15) is 19.4 Å². The van der Waals surface area contributed by atoms with Gasteiger partial charge in [-0.15, -0.1) is 24.0 Å². The summed E-state index contributed by atoms with van der Waals surface area (Å²) in [4.78, 5) is 4.22. The second kappa shape index (κ2) is 8.87. The minimum absolute atomic E-state index is 0. The summed E-state index contributed by atoms with van der Waals surface area (Å²) in [5, 5.41) is 9.28. The first-order valence-electron chi connectivity index (χ1n) is 7.14. The third-order valence-corrected chi connectivity index (χ3v) is 3.22. The molecule has 0 spiro atoms. The molecule has 0 saturated heterocycles. The fraction of sp³-hybridized carbons (Fsp3) is 0.353. The van der Waals surface area contributed by atoms with Gasteiger partial charge in [0.25, 0.3) is 0 Å². The molecule has 114 valence electrons. The van der Waals surface area contributed by atoms with E-state index in [-0.39, 0.29) is 24.0 Å². The van der Waals surface area contributed by atoms with Gasteiger partial charge in [-0.25, -0.2) is 0 Å². The van der Waals surface area contributed by atoms with E-state index in [4.69, 9.17) is 0 Å². The summed E-state index contributed by atoms with van der Waals surface area (Å²) in [6.07, 6.45) is 0.986. The second-order valence-electron chi connectivity index (χ2n) is 5.19. The lowest BCUT2D eigenvalue weighted by atomic mass is 10.0. The molecular formula is C17H24IN3. The summed E-state index contributed by atoms with van der Waals surface area (Å²) in [5.74, 6) is 0.861. The molecule has 0 aliphatic heterocycles. The Morgan fingerprint density at radius 3 is 2.52 bits per heavy atom. The standard InChI is InChI=1S/C17H23N3.HI/c1-13(2)20-17(18-3)19-12-11-15-9-6-8-14-7-4-5-10-16(14)15;/h4-10,13H,11-12H2,1-3H3,(H2,18,19,20);1H. The summed E-state index contributed by atoms with van der Waals surface area (Å²) >= 11 is 0. The fourth-order valence-corrected chi connectivity index (χ4v) is 2.29. The van der Waals surface area contributed by atoms with Gasteiger partial charge in [-0.05, 0) is 36.6 Å². The van der Waals surface area contributed by atoms with Crippen LogP contribution in [-0.4, -0.2) is 25.6 Å². The molecule has 0 bridgehead atoms. The normalized spacial score (nSPS) is 11.3. The quantitative estimate of drug-likeness (QED) is 0.470. The van der Waals surface area contributed by atoms with Gasteiger partial charge in [-0.2, -0.15) is 0 Å². The zero-order valence-corrected chi connectivity index (χ0v) is 15.2. The molecule has 2 aromatic rings. The minimum atomic E-state index is 0. The third kappa shape index (κ3) is 5.19. The van der Waals surface area contributed by atoms with Crippen LogP contribution in [0.15, 0.2) is 47.5 Å². The van der Waals surface area contributed by atoms with E-state index >= 15 is 0 Å². The predicted octanol–water partition coefficient (Wildman–Crippen LogP) is 3.57. The van der Waals surface area contributed by atoms with Gasteiger partial charge < -0.3 is 10.6 Å². The van der Waals surface area contributed by atoms with Crippen LogP contribution < -0.4 is 10.6 Å². The third-order valence-electron chi connectivity index (χ3n) is 3.22. The monoisotopic (exact) mass is 397 g/mol. The first-order valence-corrected chi connectivity index (χ1v) is 7.14. The highest BCUT2D eigenvalue weighted by molar-refractivity contribution is 14.0. The van der Waals surface area contributed by atoms with Crippen LogP contribution in [0.5, 0.6) is 0 Å². The van der Waals surface area contributed by atoms with E-state index in [1.165, 1.54) is 16.3 Å². The zero-order valence-electron chi connectivity index (χ0n) is 12.9. The van der Waals surface area contributed by atoms with Crippen molar-refractivity contribution in [1.29, 1.82) is 0 Å². The smallest absolute Gasteiger partial charge is 0.191 e. The van der Waals surface area contributed by atoms with Gasteiger partial charge >= 0.3 is 0 Å². The van der Waals surface area contributed by atoms with Crippen LogP contribution in [0, 0.1) is 0 Å². The molecule has 0 radical (unpaired) electrons. The number of hydrogen-bond acceptors (Lipinski definition) is 1. The molecule has 0 aliphatic carbocycles. The summed E-state index contributed by atoms with van der Waals surface area (Å²) in [6, 6.07) is 15.4. The highest BCUT2D eigenvalue weighted by atomic mass is 127. The van der Waals surface area contributed by atoms with Crippen molar-refractivity contribution in [1.82, 2.24) is 10.6 Å². The van der Waals surface area contributed by atoms with E-state index in [9.17, 15) is 0 Å². The number of benzene rings is 2. The first-order chi connectivity index (χ1) is 9.70. The fourth-order valence-electron chi connectivity index (χ4n) is 2.29. The van der Waals surface area contributed by atoms with Crippen molar-refractivity contribution >= 4 is 40.7 Å². The molecule has 3 nitrogen and oxygen atoms in total. The Hall–Kier alpha value is -1.30. The van der Waals surface area contributed by atoms with Gasteiger partial charge in [0.15, 0.2) is 5.96 Å². The number of fused-ring (bicyclic) bond motifs is 1. The van der Waals surface area contributed by atoms with E-state index in [1.54, 1.807) is 7.05 Å². The number of aliphatic imine (C=N–C) groups is 1. The Kier molecular flexibility index (Phi) is 7.50. The maximum absolute atomic E-state index is 4.22. The van der Waals surface area contributed by atoms with Crippen molar-refractivity contribution < 1.29 is 0 Å². The molecule has 0 fully saturated rings. The first kappa shape index (κ1) is 17.8. The van der Waals surface area contributed by atoms with E-state index in [0.717, 1.165) is 18.9 Å². The summed E-state index contributed by atoms with van der Waals surface area (Å²) in [6.45, 7) is 5.09. The van der Waals surface area contributed by atoms with Crippen molar-refractivity contribution in [3.8, 4) is 0 Å².